The number of hydrogen-bond donors (Lipinski definition) is 2. The normalized spacial score (nSPS) is 14.7. The summed E-state index contributed by atoms with van der Waals surface area (Å²) in [5.74, 6) is 1.07. The molecule has 0 aliphatic carbocycles. The Hall–Kier alpha value is -2.86. The van der Waals surface area contributed by atoms with Gasteiger partial charge in [0, 0.05) is 37.4 Å². The first-order valence-electron chi connectivity index (χ1n) is 9.44. The van der Waals surface area contributed by atoms with Gasteiger partial charge in [0.25, 0.3) is 0 Å². The minimum atomic E-state index is -0.102. The fourth-order valence-corrected chi connectivity index (χ4v) is 3.47. The number of hydrogen-bond acceptors (Lipinski definition) is 5. The van der Waals surface area contributed by atoms with Crippen LogP contribution in [0, 0.1) is 0 Å². The van der Waals surface area contributed by atoms with Crippen molar-refractivity contribution >= 4 is 5.69 Å². The molecule has 2 aromatic carbocycles. The average molecular weight is 363 g/mol. The minimum Gasteiger partial charge on any atom is -0.479 e. The Kier molecular flexibility index (Phi) is 4.81. The number of piperazine rings is 1. The number of anilines is 1. The molecule has 1 aliphatic heterocycles. The molecular weight excluding hydrogens is 338 g/mol. The number of nitrogens with zero attached hydrogens (tertiary/aromatic N) is 4. The monoisotopic (exact) mass is 363 g/mol. The summed E-state index contributed by atoms with van der Waals surface area (Å²) in [6.07, 6.45) is 0. The molecule has 2 N–H and O–H groups in total. The Morgan fingerprint density at radius 2 is 1.67 bits per heavy atom. The lowest BCUT2D eigenvalue weighted by Crippen LogP contribution is -2.43. The van der Waals surface area contributed by atoms with Crippen LogP contribution in [0.1, 0.15) is 25.3 Å². The smallest absolute Gasteiger partial charge is 0.319 e. The van der Waals surface area contributed by atoms with Crippen molar-refractivity contribution in [3.8, 4) is 23.1 Å². The highest BCUT2D eigenvalue weighted by Crippen LogP contribution is 2.29. The second kappa shape index (κ2) is 7.40. The van der Waals surface area contributed by atoms with Crippen molar-refractivity contribution in [3.63, 3.8) is 0 Å². The van der Waals surface area contributed by atoms with E-state index in [1.54, 1.807) is 4.57 Å². The Bertz CT molecular complexity index is 911. The molecule has 27 heavy (non-hydrogen) atoms. The van der Waals surface area contributed by atoms with Gasteiger partial charge >= 0.3 is 6.01 Å². The SMILES string of the molecule is CC(C)c1cccc(-c2nnc(O)n2-c2ccc(N3CCNCC3)cc2)c1. The average Bonchev–Trinajstić information content (AvgIpc) is 3.10. The predicted octanol–water partition coefficient (Wildman–Crippen LogP) is 3.17. The van der Waals surface area contributed by atoms with Crippen molar-refractivity contribution in [2.45, 2.75) is 19.8 Å². The van der Waals surface area contributed by atoms with Gasteiger partial charge in [-0.3, -0.25) is 0 Å². The number of aromatic nitrogens is 3. The van der Waals surface area contributed by atoms with Crippen LogP contribution in [0.5, 0.6) is 6.01 Å². The van der Waals surface area contributed by atoms with Crippen LogP contribution in [-0.2, 0) is 0 Å². The highest BCUT2D eigenvalue weighted by molar-refractivity contribution is 5.62. The Morgan fingerprint density at radius 1 is 0.963 bits per heavy atom. The molecule has 0 bridgehead atoms. The van der Waals surface area contributed by atoms with Gasteiger partial charge < -0.3 is 15.3 Å². The lowest BCUT2D eigenvalue weighted by molar-refractivity contribution is 0.420. The molecule has 2 heterocycles. The largest absolute Gasteiger partial charge is 0.479 e. The molecule has 6 heteroatoms. The van der Waals surface area contributed by atoms with Crippen LogP contribution in [0.25, 0.3) is 17.1 Å². The first-order chi connectivity index (χ1) is 13.1. The Labute approximate surface area is 159 Å². The zero-order chi connectivity index (χ0) is 18.8. The second-order valence-corrected chi connectivity index (χ2v) is 7.19. The van der Waals surface area contributed by atoms with Crippen LogP contribution in [-0.4, -0.2) is 46.1 Å². The number of aromatic hydroxyl groups is 1. The van der Waals surface area contributed by atoms with E-state index in [1.165, 1.54) is 11.3 Å². The fourth-order valence-electron chi connectivity index (χ4n) is 3.47. The molecule has 6 nitrogen and oxygen atoms in total. The molecule has 0 saturated carbocycles. The quantitative estimate of drug-likeness (QED) is 0.745. The first kappa shape index (κ1) is 17.5. The van der Waals surface area contributed by atoms with Gasteiger partial charge in [0.1, 0.15) is 0 Å². The van der Waals surface area contributed by atoms with E-state index in [4.69, 9.17) is 0 Å². The standard InChI is InChI=1S/C21H25N5O/c1-15(2)16-4-3-5-17(14-16)20-23-24-21(27)26(20)19-8-6-18(7-9-19)25-12-10-22-11-13-25/h3-9,14-15,22H,10-13H2,1-2H3,(H,24,27). The molecule has 1 fully saturated rings. The summed E-state index contributed by atoms with van der Waals surface area (Å²) >= 11 is 0. The Morgan fingerprint density at radius 3 is 2.37 bits per heavy atom. The van der Waals surface area contributed by atoms with E-state index in [2.05, 4.69) is 58.5 Å². The molecule has 140 valence electrons. The zero-order valence-corrected chi connectivity index (χ0v) is 15.8. The summed E-state index contributed by atoms with van der Waals surface area (Å²) < 4.78 is 1.70. The zero-order valence-electron chi connectivity index (χ0n) is 15.8. The van der Waals surface area contributed by atoms with Gasteiger partial charge in [-0.2, -0.15) is 0 Å². The van der Waals surface area contributed by atoms with Crippen LogP contribution in [0.15, 0.2) is 48.5 Å². The van der Waals surface area contributed by atoms with E-state index in [1.807, 2.05) is 24.3 Å². The molecule has 0 atom stereocenters. The fraction of sp³-hybridized carbons (Fsp3) is 0.333. The van der Waals surface area contributed by atoms with E-state index in [0.29, 0.717) is 11.7 Å². The van der Waals surface area contributed by atoms with Crippen molar-refractivity contribution < 1.29 is 5.11 Å². The summed E-state index contributed by atoms with van der Waals surface area (Å²) in [6.45, 7) is 8.34. The number of nitrogens with one attached hydrogen (secondary N) is 1. The van der Waals surface area contributed by atoms with E-state index in [-0.39, 0.29) is 6.01 Å². The molecular formula is C21H25N5O. The highest BCUT2D eigenvalue weighted by atomic mass is 16.3. The third-order valence-electron chi connectivity index (χ3n) is 5.05. The van der Waals surface area contributed by atoms with Crippen molar-refractivity contribution in [2.24, 2.45) is 0 Å². The van der Waals surface area contributed by atoms with Gasteiger partial charge in [0.2, 0.25) is 0 Å². The maximum absolute atomic E-state index is 10.3. The van der Waals surface area contributed by atoms with Crippen molar-refractivity contribution in [2.75, 3.05) is 31.1 Å². The molecule has 1 aromatic heterocycles. The summed E-state index contributed by atoms with van der Waals surface area (Å²) in [7, 11) is 0. The van der Waals surface area contributed by atoms with Crippen molar-refractivity contribution in [1.82, 2.24) is 20.1 Å². The van der Waals surface area contributed by atoms with Gasteiger partial charge in [-0.25, -0.2) is 4.57 Å². The van der Waals surface area contributed by atoms with Gasteiger partial charge in [0.05, 0.1) is 5.69 Å². The van der Waals surface area contributed by atoms with E-state index in [9.17, 15) is 5.11 Å². The lowest BCUT2D eigenvalue weighted by Gasteiger charge is -2.29. The molecule has 1 aliphatic rings. The molecule has 3 aromatic rings. The molecule has 1 saturated heterocycles. The van der Waals surface area contributed by atoms with Gasteiger partial charge in [-0.1, -0.05) is 37.1 Å². The van der Waals surface area contributed by atoms with E-state index >= 15 is 0 Å². The van der Waals surface area contributed by atoms with Crippen molar-refractivity contribution in [1.29, 1.82) is 0 Å². The minimum absolute atomic E-state index is 0.102. The topological polar surface area (TPSA) is 66.2 Å². The highest BCUT2D eigenvalue weighted by Gasteiger charge is 2.16. The third-order valence-corrected chi connectivity index (χ3v) is 5.05. The first-order valence-corrected chi connectivity index (χ1v) is 9.44. The van der Waals surface area contributed by atoms with Gasteiger partial charge in [0.15, 0.2) is 5.82 Å². The molecule has 0 unspecified atom stereocenters. The second-order valence-electron chi connectivity index (χ2n) is 7.19. The van der Waals surface area contributed by atoms with Crippen LogP contribution in [0.4, 0.5) is 5.69 Å². The number of benzene rings is 2. The predicted molar refractivity (Wildman–Crippen MR) is 108 cm³/mol. The third kappa shape index (κ3) is 3.53. The van der Waals surface area contributed by atoms with Crippen molar-refractivity contribution in [3.05, 3.63) is 54.1 Å². The molecule has 0 spiro atoms. The molecule has 0 amide bonds. The maximum Gasteiger partial charge on any atom is 0.319 e. The van der Waals surface area contributed by atoms with Crippen LogP contribution in [0.2, 0.25) is 0 Å². The van der Waals surface area contributed by atoms with Crippen LogP contribution >= 0.6 is 0 Å². The summed E-state index contributed by atoms with van der Waals surface area (Å²) in [6, 6.07) is 16.3. The maximum atomic E-state index is 10.3. The van der Waals surface area contributed by atoms with E-state index < -0.39 is 0 Å². The number of rotatable bonds is 4. The lowest BCUT2D eigenvalue weighted by atomic mass is 10.0. The Balaban J connectivity index is 1.68. The summed E-state index contributed by atoms with van der Waals surface area (Å²) in [5, 5.41) is 21.8. The molecule has 4 rings (SSSR count). The summed E-state index contributed by atoms with van der Waals surface area (Å²) in [4.78, 5) is 2.36. The summed E-state index contributed by atoms with van der Waals surface area (Å²) in [5.41, 5.74) is 4.22. The molecule has 0 radical (unpaired) electrons. The van der Waals surface area contributed by atoms with Gasteiger partial charge in [-0.05, 0) is 41.8 Å². The van der Waals surface area contributed by atoms with Crippen LogP contribution < -0.4 is 10.2 Å². The van der Waals surface area contributed by atoms with Crippen LogP contribution in [0.3, 0.4) is 0 Å². The van der Waals surface area contributed by atoms with E-state index in [0.717, 1.165) is 37.4 Å². The van der Waals surface area contributed by atoms with Gasteiger partial charge in [-0.15, -0.1) is 5.10 Å².